The molecule has 0 amide bonds. The lowest BCUT2D eigenvalue weighted by molar-refractivity contribution is 0.918. The first-order valence-electron chi connectivity index (χ1n) is 6.13. The van der Waals surface area contributed by atoms with Gasteiger partial charge in [0.2, 0.25) is 0 Å². The molecule has 6 heteroatoms. The highest BCUT2D eigenvalue weighted by Crippen LogP contribution is 2.27. The number of nitrogens with zero attached hydrogens (tertiary/aromatic N) is 4. The van der Waals surface area contributed by atoms with Crippen LogP contribution in [0.15, 0.2) is 22.7 Å². The second-order valence-corrected chi connectivity index (χ2v) is 6.03. The van der Waals surface area contributed by atoms with E-state index in [0.717, 1.165) is 32.4 Å². The van der Waals surface area contributed by atoms with Crippen molar-refractivity contribution in [2.24, 2.45) is 0 Å². The van der Waals surface area contributed by atoms with E-state index in [2.05, 4.69) is 31.2 Å². The number of fused-ring (bicyclic) bond motifs is 1. The molecule has 102 valence electrons. The van der Waals surface area contributed by atoms with Crippen molar-refractivity contribution in [2.45, 2.75) is 20.8 Å². The SMILES string of the molecule is Cc1cc(Br)ccc1-c1nnc2c(C)c(C)c(Cl)nn12. The highest BCUT2D eigenvalue weighted by molar-refractivity contribution is 9.10. The molecule has 2 aromatic heterocycles. The van der Waals surface area contributed by atoms with E-state index in [1.54, 1.807) is 4.52 Å². The van der Waals surface area contributed by atoms with Gasteiger partial charge in [-0.05, 0) is 50.1 Å². The van der Waals surface area contributed by atoms with Crippen LogP contribution in [0.2, 0.25) is 5.15 Å². The molecule has 0 fully saturated rings. The smallest absolute Gasteiger partial charge is 0.185 e. The zero-order valence-corrected chi connectivity index (χ0v) is 13.6. The fourth-order valence-electron chi connectivity index (χ4n) is 2.14. The van der Waals surface area contributed by atoms with Gasteiger partial charge in [-0.25, -0.2) is 0 Å². The maximum Gasteiger partial charge on any atom is 0.185 e. The summed E-state index contributed by atoms with van der Waals surface area (Å²) in [6, 6.07) is 6.02. The van der Waals surface area contributed by atoms with Gasteiger partial charge in [0.25, 0.3) is 0 Å². The van der Waals surface area contributed by atoms with Crippen LogP contribution in [0.3, 0.4) is 0 Å². The molecule has 20 heavy (non-hydrogen) atoms. The van der Waals surface area contributed by atoms with Gasteiger partial charge < -0.3 is 0 Å². The highest BCUT2D eigenvalue weighted by Gasteiger charge is 2.16. The lowest BCUT2D eigenvalue weighted by atomic mass is 10.1. The molecule has 0 bridgehead atoms. The minimum Gasteiger partial charge on any atom is -0.191 e. The van der Waals surface area contributed by atoms with Crippen molar-refractivity contribution in [2.75, 3.05) is 0 Å². The molecule has 3 rings (SSSR count). The zero-order valence-electron chi connectivity index (χ0n) is 11.3. The van der Waals surface area contributed by atoms with Crippen molar-refractivity contribution in [1.82, 2.24) is 19.8 Å². The van der Waals surface area contributed by atoms with E-state index >= 15 is 0 Å². The van der Waals surface area contributed by atoms with Crippen molar-refractivity contribution < 1.29 is 0 Å². The fourth-order valence-corrected chi connectivity index (χ4v) is 2.83. The van der Waals surface area contributed by atoms with Crippen LogP contribution >= 0.6 is 27.5 Å². The van der Waals surface area contributed by atoms with Crippen LogP contribution < -0.4 is 0 Å². The Morgan fingerprint density at radius 1 is 1.10 bits per heavy atom. The first-order chi connectivity index (χ1) is 9.49. The monoisotopic (exact) mass is 350 g/mol. The van der Waals surface area contributed by atoms with E-state index in [0.29, 0.717) is 11.0 Å². The maximum atomic E-state index is 6.18. The second-order valence-electron chi connectivity index (χ2n) is 4.76. The summed E-state index contributed by atoms with van der Waals surface area (Å²) in [6.07, 6.45) is 0. The summed E-state index contributed by atoms with van der Waals surface area (Å²) >= 11 is 9.64. The third-order valence-electron chi connectivity index (χ3n) is 3.47. The summed E-state index contributed by atoms with van der Waals surface area (Å²) < 4.78 is 2.74. The molecule has 0 saturated heterocycles. The first kappa shape index (κ1) is 13.5. The van der Waals surface area contributed by atoms with Gasteiger partial charge in [-0.3, -0.25) is 0 Å². The van der Waals surface area contributed by atoms with E-state index in [4.69, 9.17) is 11.6 Å². The highest BCUT2D eigenvalue weighted by atomic mass is 79.9. The number of aromatic nitrogens is 4. The van der Waals surface area contributed by atoms with E-state index in [1.165, 1.54) is 0 Å². The Labute approximate surface area is 129 Å². The topological polar surface area (TPSA) is 43.1 Å². The number of rotatable bonds is 1. The number of aryl methyl sites for hydroxylation is 2. The summed E-state index contributed by atoms with van der Waals surface area (Å²) in [7, 11) is 0. The number of benzene rings is 1. The lowest BCUT2D eigenvalue weighted by Gasteiger charge is -2.07. The average molecular weight is 352 g/mol. The van der Waals surface area contributed by atoms with Crippen molar-refractivity contribution in [1.29, 1.82) is 0 Å². The molecular weight excluding hydrogens is 340 g/mol. The number of halogens is 2. The Kier molecular flexibility index (Phi) is 3.26. The molecule has 0 aliphatic heterocycles. The van der Waals surface area contributed by atoms with Crippen molar-refractivity contribution in [3.8, 4) is 11.4 Å². The van der Waals surface area contributed by atoms with E-state index < -0.39 is 0 Å². The first-order valence-corrected chi connectivity index (χ1v) is 7.30. The molecule has 3 aromatic rings. The fraction of sp³-hybridized carbons (Fsp3) is 0.214. The van der Waals surface area contributed by atoms with Crippen LogP contribution in [0.1, 0.15) is 16.7 Å². The number of hydrogen-bond acceptors (Lipinski definition) is 3. The average Bonchev–Trinajstić information content (AvgIpc) is 2.80. The lowest BCUT2D eigenvalue weighted by Crippen LogP contribution is -2.00. The Hall–Kier alpha value is -1.46. The standard InChI is InChI=1S/C14H12BrClN4/c1-7-6-10(15)4-5-11(7)14-18-17-13-9(3)8(2)12(16)19-20(13)14/h4-6H,1-3H3. The Morgan fingerprint density at radius 3 is 2.55 bits per heavy atom. The summed E-state index contributed by atoms with van der Waals surface area (Å²) in [4.78, 5) is 0. The molecule has 2 heterocycles. The van der Waals surface area contributed by atoms with Gasteiger partial charge in [-0.15, -0.1) is 10.2 Å². The van der Waals surface area contributed by atoms with Crippen LogP contribution in [-0.2, 0) is 0 Å². The van der Waals surface area contributed by atoms with E-state index in [-0.39, 0.29) is 0 Å². The predicted molar refractivity (Wildman–Crippen MR) is 83.1 cm³/mol. The van der Waals surface area contributed by atoms with Crippen LogP contribution in [0.5, 0.6) is 0 Å². The van der Waals surface area contributed by atoms with E-state index in [9.17, 15) is 0 Å². The zero-order chi connectivity index (χ0) is 14.4. The third kappa shape index (κ3) is 2.01. The molecular formula is C14H12BrClN4. The molecule has 0 radical (unpaired) electrons. The minimum absolute atomic E-state index is 0.478. The van der Waals surface area contributed by atoms with Gasteiger partial charge in [-0.2, -0.15) is 9.61 Å². The maximum absolute atomic E-state index is 6.18. The molecule has 0 aliphatic carbocycles. The summed E-state index contributed by atoms with van der Waals surface area (Å²) in [5.74, 6) is 0.704. The molecule has 0 N–H and O–H groups in total. The quantitative estimate of drug-likeness (QED) is 0.662. The largest absolute Gasteiger partial charge is 0.191 e. The molecule has 0 spiro atoms. The second kappa shape index (κ2) is 4.82. The van der Waals surface area contributed by atoms with Crippen LogP contribution in [0.25, 0.3) is 17.0 Å². The molecule has 0 aliphatic rings. The predicted octanol–water partition coefficient (Wildman–Crippen LogP) is 4.13. The van der Waals surface area contributed by atoms with Gasteiger partial charge in [0, 0.05) is 15.6 Å². The Morgan fingerprint density at radius 2 is 1.85 bits per heavy atom. The normalized spacial score (nSPS) is 11.2. The van der Waals surface area contributed by atoms with Gasteiger partial charge in [-0.1, -0.05) is 27.5 Å². The molecule has 0 saturated carbocycles. The Bertz CT molecular complexity index is 826. The van der Waals surface area contributed by atoms with Crippen LogP contribution in [0.4, 0.5) is 0 Å². The van der Waals surface area contributed by atoms with Crippen molar-refractivity contribution >= 4 is 33.2 Å². The van der Waals surface area contributed by atoms with Crippen molar-refractivity contribution in [3.63, 3.8) is 0 Å². The summed E-state index contributed by atoms with van der Waals surface area (Å²) in [5, 5.41) is 13.4. The number of hydrogen-bond donors (Lipinski definition) is 0. The minimum atomic E-state index is 0.478. The molecule has 4 nitrogen and oxygen atoms in total. The summed E-state index contributed by atoms with van der Waals surface area (Å²) in [6.45, 7) is 5.94. The Balaban J connectivity index is 2.33. The molecule has 0 atom stereocenters. The summed E-state index contributed by atoms with van der Waals surface area (Å²) in [5.41, 5.74) is 4.77. The van der Waals surface area contributed by atoms with Gasteiger partial charge in [0.1, 0.15) is 0 Å². The third-order valence-corrected chi connectivity index (χ3v) is 4.32. The van der Waals surface area contributed by atoms with Crippen molar-refractivity contribution in [3.05, 3.63) is 44.5 Å². The van der Waals surface area contributed by atoms with Gasteiger partial charge >= 0.3 is 0 Å². The molecule has 1 aromatic carbocycles. The van der Waals surface area contributed by atoms with Crippen LogP contribution in [0, 0.1) is 20.8 Å². The van der Waals surface area contributed by atoms with Crippen LogP contribution in [-0.4, -0.2) is 19.8 Å². The van der Waals surface area contributed by atoms with E-state index in [1.807, 2.05) is 39.0 Å². The molecule has 0 unspecified atom stereocenters. The van der Waals surface area contributed by atoms with Gasteiger partial charge in [0.05, 0.1) is 0 Å². The van der Waals surface area contributed by atoms with Gasteiger partial charge in [0.15, 0.2) is 16.6 Å².